The summed E-state index contributed by atoms with van der Waals surface area (Å²) in [5.74, 6) is 0.812. The first kappa shape index (κ1) is 14.0. The molecule has 1 aliphatic carbocycles. The normalized spacial score (nSPS) is 23.8. The molecule has 0 radical (unpaired) electrons. The number of benzene rings is 1. The minimum atomic E-state index is 0.718. The average molecular weight is 311 g/mol. The van der Waals surface area contributed by atoms with Crippen LogP contribution in [0.25, 0.3) is 0 Å². The Morgan fingerprint density at radius 1 is 1.39 bits per heavy atom. The Bertz CT molecular complexity index is 381. The summed E-state index contributed by atoms with van der Waals surface area (Å²) in [6.45, 7) is 2.23. The molecule has 1 saturated carbocycles. The second kappa shape index (κ2) is 6.69. The summed E-state index contributed by atoms with van der Waals surface area (Å²) in [6, 6.07) is 9.32. The summed E-state index contributed by atoms with van der Waals surface area (Å²) < 4.78 is 1.17. The Hall–Kier alpha value is -0.380. The van der Waals surface area contributed by atoms with Crippen molar-refractivity contribution in [2.45, 2.75) is 31.8 Å². The minimum absolute atomic E-state index is 0.718. The number of hydrogen-bond acceptors (Lipinski definition) is 2. The fourth-order valence-electron chi connectivity index (χ4n) is 3.05. The van der Waals surface area contributed by atoms with E-state index in [0.717, 1.165) is 18.5 Å². The molecular weight excluding hydrogens is 288 g/mol. The lowest BCUT2D eigenvalue weighted by molar-refractivity contribution is 0.249. The second-order valence-electron chi connectivity index (χ2n) is 5.41. The molecule has 3 heteroatoms. The highest BCUT2D eigenvalue weighted by Crippen LogP contribution is 2.26. The third-order valence-electron chi connectivity index (χ3n) is 3.92. The van der Waals surface area contributed by atoms with Gasteiger partial charge in [-0.25, -0.2) is 0 Å². The van der Waals surface area contributed by atoms with Gasteiger partial charge in [0.15, 0.2) is 0 Å². The van der Waals surface area contributed by atoms with Crippen LogP contribution in [-0.2, 0) is 6.54 Å². The van der Waals surface area contributed by atoms with Crippen LogP contribution in [0.3, 0.4) is 0 Å². The Kier molecular flexibility index (Phi) is 5.22. The molecule has 1 fully saturated rings. The van der Waals surface area contributed by atoms with Crippen LogP contribution < -0.4 is 5.32 Å². The van der Waals surface area contributed by atoms with Crippen LogP contribution in [0.1, 0.15) is 24.8 Å². The molecule has 100 valence electrons. The summed E-state index contributed by atoms with van der Waals surface area (Å²) in [6.07, 6.45) is 4.08. The van der Waals surface area contributed by atoms with E-state index >= 15 is 0 Å². The van der Waals surface area contributed by atoms with Gasteiger partial charge in [-0.15, -0.1) is 0 Å². The van der Waals surface area contributed by atoms with Crippen LogP contribution in [0.4, 0.5) is 0 Å². The average Bonchev–Trinajstić information content (AvgIpc) is 2.76. The molecule has 2 unspecified atom stereocenters. The maximum absolute atomic E-state index is 3.53. The van der Waals surface area contributed by atoms with Gasteiger partial charge in [0.25, 0.3) is 0 Å². The molecule has 0 bridgehead atoms. The van der Waals surface area contributed by atoms with E-state index in [1.54, 1.807) is 0 Å². The van der Waals surface area contributed by atoms with Crippen LogP contribution in [-0.4, -0.2) is 31.6 Å². The van der Waals surface area contributed by atoms with Gasteiger partial charge < -0.3 is 10.2 Å². The third kappa shape index (κ3) is 3.81. The van der Waals surface area contributed by atoms with Gasteiger partial charge >= 0.3 is 0 Å². The number of nitrogens with zero attached hydrogens (tertiary/aromatic N) is 1. The second-order valence-corrected chi connectivity index (χ2v) is 6.33. The molecule has 1 aromatic rings. The van der Waals surface area contributed by atoms with Crippen LogP contribution in [0.15, 0.2) is 28.7 Å². The van der Waals surface area contributed by atoms with Crippen LogP contribution in [0, 0.1) is 5.92 Å². The number of nitrogens with one attached hydrogen (secondary N) is 1. The van der Waals surface area contributed by atoms with Crippen LogP contribution >= 0.6 is 15.9 Å². The standard InChI is InChI=1S/C15H23BrN2/c1-17-15-8-4-6-13(15)11-18(2)10-12-5-3-7-14(16)9-12/h3,5,7,9,13,15,17H,4,6,8,10-11H2,1-2H3. The van der Waals surface area contributed by atoms with Crippen molar-refractivity contribution in [3.8, 4) is 0 Å². The van der Waals surface area contributed by atoms with E-state index in [9.17, 15) is 0 Å². The smallest absolute Gasteiger partial charge is 0.0231 e. The highest BCUT2D eigenvalue weighted by molar-refractivity contribution is 9.10. The fourth-order valence-corrected chi connectivity index (χ4v) is 3.49. The van der Waals surface area contributed by atoms with E-state index in [1.165, 1.54) is 35.8 Å². The summed E-state index contributed by atoms with van der Waals surface area (Å²) in [5.41, 5.74) is 1.38. The summed E-state index contributed by atoms with van der Waals surface area (Å²) in [4.78, 5) is 2.45. The number of rotatable bonds is 5. The van der Waals surface area contributed by atoms with Crippen molar-refractivity contribution in [3.63, 3.8) is 0 Å². The van der Waals surface area contributed by atoms with Gasteiger partial charge in [0, 0.05) is 23.6 Å². The van der Waals surface area contributed by atoms with Gasteiger partial charge in [0.2, 0.25) is 0 Å². The lowest BCUT2D eigenvalue weighted by Crippen LogP contribution is -2.36. The molecule has 2 nitrogen and oxygen atoms in total. The first-order valence-corrected chi connectivity index (χ1v) is 7.58. The quantitative estimate of drug-likeness (QED) is 0.898. The van der Waals surface area contributed by atoms with E-state index in [1.807, 2.05) is 0 Å². The minimum Gasteiger partial charge on any atom is -0.317 e. The molecule has 0 heterocycles. The van der Waals surface area contributed by atoms with Gasteiger partial charge in [-0.1, -0.05) is 34.5 Å². The largest absolute Gasteiger partial charge is 0.317 e. The van der Waals surface area contributed by atoms with Crippen molar-refractivity contribution in [3.05, 3.63) is 34.3 Å². The molecule has 0 spiro atoms. The first-order valence-electron chi connectivity index (χ1n) is 6.79. The van der Waals surface area contributed by atoms with Crippen molar-refractivity contribution < 1.29 is 0 Å². The highest BCUT2D eigenvalue weighted by atomic mass is 79.9. The molecule has 1 aliphatic rings. The molecule has 0 aliphatic heterocycles. The van der Waals surface area contributed by atoms with Crippen molar-refractivity contribution in [1.29, 1.82) is 0 Å². The zero-order valence-electron chi connectivity index (χ0n) is 11.3. The molecule has 0 saturated heterocycles. The van der Waals surface area contributed by atoms with E-state index < -0.39 is 0 Å². The Morgan fingerprint density at radius 2 is 2.22 bits per heavy atom. The lowest BCUT2D eigenvalue weighted by atomic mass is 10.0. The SMILES string of the molecule is CNC1CCCC1CN(C)Cc1cccc(Br)c1. The maximum Gasteiger partial charge on any atom is 0.0231 e. The predicted octanol–water partition coefficient (Wildman–Crippen LogP) is 3.27. The molecule has 1 aromatic carbocycles. The Morgan fingerprint density at radius 3 is 2.94 bits per heavy atom. The van der Waals surface area contributed by atoms with E-state index in [0.29, 0.717) is 0 Å². The predicted molar refractivity (Wildman–Crippen MR) is 80.7 cm³/mol. The third-order valence-corrected chi connectivity index (χ3v) is 4.41. The van der Waals surface area contributed by atoms with E-state index in [-0.39, 0.29) is 0 Å². The molecule has 2 atom stereocenters. The Balaban J connectivity index is 1.86. The fraction of sp³-hybridized carbons (Fsp3) is 0.600. The first-order chi connectivity index (χ1) is 8.69. The van der Waals surface area contributed by atoms with Crippen LogP contribution in [0.5, 0.6) is 0 Å². The molecule has 2 rings (SSSR count). The van der Waals surface area contributed by atoms with E-state index in [2.05, 4.69) is 64.5 Å². The summed E-state index contributed by atoms with van der Waals surface area (Å²) in [7, 11) is 4.32. The molecule has 0 aromatic heterocycles. The van der Waals surface area contributed by atoms with E-state index in [4.69, 9.17) is 0 Å². The van der Waals surface area contributed by atoms with Gasteiger partial charge in [-0.05, 0) is 50.6 Å². The molecular formula is C15H23BrN2. The zero-order valence-corrected chi connectivity index (χ0v) is 12.9. The van der Waals surface area contributed by atoms with Gasteiger partial charge in [-0.3, -0.25) is 0 Å². The number of hydrogen-bond donors (Lipinski definition) is 1. The van der Waals surface area contributed by atoms with Gasteiger partial charge in [0.05, 0.1) is 0 Å². The molecule has 18 heavy (non-hydrogen) atoms. The van der Waals surface area contributed by atoms with Crippen molar-refractivity contribution in [2.24, 2.45) is 5.92 Å². The lowest BCUT2D eigenvalue weighted by Gasteiger charge is -2.25. The summed E-state index contributed by atoms with van der Waals surface area (Å²) >= 11 is 3.53. The van der Waals surface area contributed by atoms with Crippen molar-refractivity contribution in [1.82, 2.24) is 10.2 Å². The molecule has 0 amide bonds. The summed E-state index contributed by atoms with van der Waals surface area (Å²) in [5, 5.41) is 3.46. The maximum atomic E-state index is 3.53. The highest BCUT2D eigenvalue weighted by Gasteiger charge is 2.26. The van der Waals surface area contributed by atoms with Gasteiger partial charge in [-0.2, -0.15) is 0 Å². The Labute approximate surface area is 119 Å². The van der Waals surface area contributed by atoms with Crippen molar-refractivity contribution >= 4 is 15.9 Å². The zero-order chi connectivity index (χ0) is 13.0. The van der Waals surface area contributed by atoms with Crippen molar-refractivity contribution in [2.75, 3.05) is 20.6 Å². The van der Waals surface area contributed by atoms with Gasteiger partial charge in [0.1, 0.15) is 0 Å². The molecule has 1 N–H and O–H groups in total. The number of halogens is 1. The topological polar surface area (TPSA) is 15.3 Å². The van der Waals surface area contributed by atoms with Crippen LogP contribution in [0.2, 0.25) is 0 Å². The monoisotopic (exact) mass is 310 g/mol.